The molecule has 0 N–H and O–H groups in total. The summed E-state index contributed by atoms with van der Waals surface area (Å²) in [5.41, 5.74) is -0.394. The number of aromatic nitrogens is 1. The Labute approximate surface area is 94.4 Å². The third-order valence-corrected chi connectivity index (χ3v) is 3.11. The van der Waals surface area contributed by atoms with E-state index < -0.39 is 26.1 Å². The summed E-state index contributed by atoms with van der Waals surface area (Å²) in [6.45, 7) is 0. The van der Waals surface area contributed by atoms with Gasteiger partial charge in [-0.15, -0.1) is 11.6 Å². The van der Waals surface area contributed by atoms with Gasteiger partial charge in [-0.25, -0.2) is 22.2 Å². The van der Waals surface area contributed by atoms with Crippen molar-refractivity contribution in [3.8, 4) is 0 Å². The Kier molecular flexibility index (Phi) is 3.86. The van der Waals surface area contributed by atoms with Crippen LogP contribution >= 0.6 is 22.3 Å². The zero-order valence-electron chi connectivity index (χ0n) is 7.12. The van der Waals surface area contributed by atoms with E-state index in [1.165, 1.54) is 0 Å². The molecule has 1 aromatic rings. The van der Waals surface area contributed by atoms with E-state index in [4.69, 9.17) is 22.3 Å². The summed E-state index contributed by atoms with van der Waals surface area (Å²) >= 11 is 5.40. The number of hydrogen-bond acceptors (Lipinski definition) is 3. The first kappa shape index (κ1) is 12.6. The van der Waals surface area contributed by atoms with Gasteiger partial charge in [0.1, 0.15) is 0 Å². The average Bonchev–Trinajstić information content (AvgIpc) is 2.15. The minimum absolute atomic E-state index is 0.000826. The highest BCUT2D eigenvalue weighted by atomic mass is 35.7. The van der Waals surface area contributed by atoms with Crippen molar-refractivity contribution in [3.63, 3.8) is 0 Å². The van der Waals surface area contributed by atoms with Gasteiger partial charge in [0.2, 0.25) is 0 Å². The average molecular weight is 276 g/mol. The normalized spacial score (nSPS) is 12.1. The number of halogens is 4. The van der Waals surface area contributed by atoms with Gasteiger partial charge < -0.3 is 0 Å². The lowest BCUT2D eigenvalue weighted by molar-refractivity contribution is 0.150. The molecule has 0 aliphatic heterocycles. The Hall–Kier alpha value is -0.460. The molecular weight excluding hydrogens is 271 g/mol. The Balaban J connectivity index is 3.32. The maximum atomic E-state index is 12.4. The summed E-state index contributed by atoms with van der Waals surface area (Å²) in [4.78, 5) is 3.32. The lowest BCUT2D eigenvalue weighted by Crippen LogP contribution is -2.00. The molecule has 1 aromatic heterocycles. The first-order valence-corrected chi connectivity index (χ1v) is 6.48. The smallest absolute Gasteiger partial charge is 0.243 e. The van der Waals surface area contributed by atoms with Crippen molar-refractivity contribution in [1.82, 2.24) is 4.98 Å². The van der Waals surface area contributed by atoms with Crippen molar-refractivity contribution in [2.24, 2.45) is 0 Å². The van der Waals surface area contributed by atoms with Gasteiger partial charge in [0, 0.05) is 28.3 Å². The van der Waals surface area contributed by atoms with Crippen molar-refractivity contribution in [1.29, 1.82) is 0 Å². The zero-order valence-corrected chi connectivity index (χ0v) is 9.45. The lowest BCUT2D eigenvalue weighted by atomic mass is 10.2. The molecule has 0 fully saturated rings. The number of nitrogens with zero attached hydrogens (tertiary/aromatic N) is 1. The molecule has 0 bridgehead atoms. The summed E-state index contributed by atoms with van der Waals surface area (Å²) in [5.74, 6) is -0.235. The minimum Gasteiger partial charge on any atom is -0.243 e. The minimum atomic E-state index is -4.02. The van der Waals surface area contributed by atoms with Gasteiger partial charge >= 0.3 is 0 Å². The Morgan fingerprint density at radius 1 is 1.47 bits per heavy atom. The lowest BCUT2D eigenvalue weighted by Gasteiger charge is -2.06. The standard InChI is InChI=1S/C7H5Cl2F2NO2S/c8-2-4-1-6(15(9,13)14)12-3-5(4)7(10)11/h1,3,7H,2H2. The van der Waals surface area contributed by atoms with Crippen molar-refractivity contribution < 1.29 is 17.2 Å². The third-order valence-electron chi connectivity index (χ3n) is 1.63. The van der Waals surface area contributed by atoms with Gasteiger partial charge in [-0.3, -0.25) is 0 Å². The van der Waals surface area contributed by atoms with Crippen LogP contribution in [0.15, 0.2) is 17.3 Å². The molecule has 0 unspecified atom stereocenters. The highest BCUT2D eigenvalue weighted by Gasteiger charge is 2.18. The monoisotopic (exact) mass is 275 g/mol. The fourth-order valence-electron chi connectivity index (χ4n) is 0.931. The van der Waals surface area contributed by atoms with Crippen LogP contribution in [0.25, 0.3) is 0 Å². The highest BCUT2D eigenvalue weighted by Crippen LogP contribution is 2.25. The summed E-state index contributed by atoms with van der Waals surface area (Å²) in [7, 11) is 0.978. The van der Waals surface area contributed by atoms with Gasteiger partial charge in [-0.05, 0) is 11.6 Å². The fourth-order valence-corrected chi connectivity index (χ4v) is 1.88. The second kappa shape index (κ2) is 4.59. The molecule has 0 spiro atoms. The summed E-state index contributed by atoms with van der Waals surface area (Å²) in [6, 6.07) is 0.941. The second-order valence-electron chi connectivity index (χ2n) is 2.59. The van der Waals surface area contributed by atoms with Gasteiger partial charge in [0.05, 0.1) is 0 Å². The maximum absolute atomic E-state index is 12.4. The second-order valence-corrected chi connectivity index (χ2v) is 5.37. The molecule has 3 nitrogen and oxygen atoms in total. The largest absolute Gasteiger partial charge is 0.278 e. The summed E-state index contributed by atoms with van der Waals surface area (Å²) in [5, 5.41) is -0.482. The first-order valence-electron chi connectivity index (χ1n) is 3.64. The van der Waals surface area contributed by atoms with Crippen molar-refractivity contribution in [2.45, 2.75) is 17.3 Å². The van der Waals surface area contributed by atoms with Gasteiger partial charge in [0.15, 0.2) is 5.03 Å². The predicted molar refractivity (Wildman–Crippen MR) is 51.8 cm³/mol. The quantitative estimate of drug-likeness (QED) is 0.630. The SMILES string of the molecule is O=S(=O)(Cl)c1cc(CCl)c(C(F)F)cn1. The van der Waals surface area contributed by atoms with Crippen LogP contribution in [-0.2, 0) is 14.9 Å². The Morgan fingerprint density at radius 3 is 2.47 bits per heavy atom. The van der Waals surface area contributed by atoms with Crippen LogP contribution in [0.4, 0.5) is 8.78 Å². The molecule has 8 heteroatoms. The van der Waals surface area contributed by atoms with E-state index in [0.29, 0.717) is 0 Å². The van der Waals surface area contributed by atoms with Crippen LogP contribution in [0.1, 0.15) is 17.6 Å². The third kappa shape index (κ3) is 2.99. The molecule has 0 saturated heterocycles. The van der Waals surface area contributed by atoms with E-state index in [9.17, 15) is 17.2 Å². The van der Waals surface area contributed by atoms with Gasteiger partial charge in [-0.2, -0.15) is 0 Å². The molecular formula is C7H5Cl2F2NO2S. The maximum Gasteiger partial charge on any atom is 0.278 e. The first-order chi connectivity index (χ1) is 6.86. The molecule has 0 atom stereocenters. The topological polar surface area (TPSA) is 47.0 Å². The summed E-state index contributed by atoms with van der Waals surface area (Å²) in [6.07, 6.45) is -1.99. The van der Waals surface area contributed by atoms with Gasteiger partial charge in [-0.1, -0.05) is 0 Å². The zero-order chi connectivity index (χ0) is 11.6. The number of alkyl halides is 3. The van der Waals surface area contributed by atoms with Crippen LogP contribution in [0, 0.1) is 0 Å². The van der Waals surface area contributed by atoms with E-state index in [1.54, 1.807) is 0 Å². The Bertz CT molecular complexity index is 464. The molecule has 1 rings (SSSR count). The molecule has 0 saturated carbocycles. The molecule has 0 aromatic carbocycles. The van der Waals surface area contributed by atoms with Crippen molar-refractivity contribution in [2.75, 3.05) is 0 Å². The van der Waals surface area contributed by atoms with Crippen molar-refractivity contribution in [3.05, 3.63) is 23.4 Å². The molecule has 1 heterocycles. The number of rotatable bonds is 3. The molecule has 0 aliphatic carbocycles. The van der Waals surface area contributed by atoms with Crippen LogP contribution in [0.3, 0.4) is 0 Å². The Morgan fingerprint density at radius 2 is 2.07 bits per heavy atom. The van der Waals surface area contributed by atoms with E-state index in [1.807, 2.05) is 0 Å². The molecule has 0 aliphatic rings. The number of pyridine rings is 1. The molecule has 0 amide bonds. The van der Waals surface area contributed by atoms with Gasteiger partial charge in [0.25, 0.3) is 15.5 Å². The van der Waals surface area contributed by atoms with E-state index >= 15 is 0 Å². The van der Waals surface area contributed by atoms with Crippen LogP contribution in [0.2, 0.25) is 0 Å². The van der Waals surface area contributed by atoms with E-state index in [0.717, 1.165) is 12.3 Å². The number of hydrogen-bond donors (Lipinski definition) is 0. The molecule has 84 valence electrons. The highest BCUT2D eigenvalue weighted by molar-refractivity contribution is 8.13. The fraction of sp³-hybridized carbons (Fsp3) is 0.286. The van der Waals surface area contributed by atoms with Crippen molar-refractivity contribution >= 4 is 31.3 Å². The van der Waals surface area contributed by atoms with Crippen LogP contribution < -0.4 is 0 Å². The van der Waals surface area contributed by atoms with Crippen LogP contribution in [0.5, 0.6) is 0 Å². The predicted octanol–water partition coefficient (Wildman–Crippen LogP) is 2.69. The summed E-state index contributed by atoms with van der Waals surface area (Å²) < 4.78 is 46.4. The van der Waals surface area contributed by atoms with E-state index in [-0.39, 0.29) is 11.4 Å². The van der Waals surface area contributed by atoms with Crippen LogP contribution in [-0.4, -0.2) is 13.4 Å². The van der Waals surface area contributed by atoms with E-state index in [2.05, 4.69) is 4.98 Å². The molecule has 15 heavy (non-hydrogen) atoms. The molecule has 0 radical (unpaired) electrons.